The SMILES string of the molecule is Cc1nn(C)cc1C(=O)Nc1ccc(C(N)=S)cc1Cl. The molecule has 3 N–H and O–H groups in total. The molecule has 5 nitrogen and oxygen atoms in total. The summed E-state index contributed by atoms with van der Waals surface area (Å²) in [6.45, 7) is 1.77. The second-order valence-electron chi connectivity index (χ2n) is 4.31. The van der Waals surface area contributed by atoms with Gasteiger partial charge in [-0.1, -0.05) is 23.8 Å². The summed E-state index contributed by atoms with van der Waals surface area (Å²) in [7, 11) is 1.76. The van der Waals surface area contributed by atoms with E-state index in [4.69, 9.17) is 29.6 Å². The summed E-state index contributed by atoms with van der Waals surface area (Å²) in [5.74, 6) is -0.263. The third-order valence-corrected chi connectivity index (χ3v) is 3.31. The van der Waals surface area contributed by atoms with Gasteiger partial charge in [0.05, 0.1) is 22.0 Å². The smallest absolute Gasteiger partial charge is 0.259 e. The molecule has 1 aromatic heterocycles. The number of nitrogens with zero attached hydrogens (tertiary/aromatic N) is 2. The number of aromatic nitrogens is 2. The van der Waals surface area contributed by atoms with Crippen molar-refractivity contribution in [3.8, 4) is 0 Å². The van der Waals surface area contributed by atoms with Gasteiger partial charge in [-0.25, -0.2) is 0 Å². The van der Waals surface area contributed by atoms with E-state index in [1.54, 1.807) is 43.0 Å². The van der Waals surface area contributed by atoms with Crippen molar-refractivity contribution in [1.82, 2.24) is 9.78 Å². The van der Waals surface area contributed by atoms with E-state index in [0.717, 1.165) is 0 Å². The molecule has 0 saturated heterocycles. The number of carbonyl (C=O) groups is 1. The van der Waals surface area contributed by atoms with E-state index in [0.29, 0.717) is 27.5 Å². The fraction of sp³-hybridized carbons (Fsp3) is 0.154. The number of aryl methyl sites for hydroxylation is 2. The molecular formula is C13H13ClN4OS. The highest BCUT2D eigenvalue weighted by atomic mass is 35.5. The largest absolute Gasteiger partial charge is 0.389 e. The monoisotopic (exact) mass is 308 g/mol. The fourth-order valence-electron chi connectivity index (χ4n) is 1.78. The molecule has 0 saturated carbocycles. The van der Waals surface area contributed by atoms with Gasteiger partial charge in [-0.05, 0) is 25.1 Å². The lowest BCUT2D eigenvalue weighted by Crippen LogP contribution is -2.14. The summed E-state index contributed by atoms with van der Waals surface area (Å²) >= 11 is 11.0. The number of amides is 1. The van der Waals surface area contributed by atoms with Crippen molar-refractivity contribution in [2.75, 3.05) is 5.32 Å². The molecule has 0 aliphatic heterocycles. The Hall–Kier alpha value is -1.92. The maximum atomic E-state index is 12.1. The first kappa shape index (κ1) is 14.5. The molecule has 1 amide bonds. The Kier molecular flexibility index (Phi) is 4.06. The van der Waals surface area contributed by atoms with Crippen LogP contribution in [0.15, 0.2) is 24.4 Å². The van der Waals surface area contributed by atoms with Crippen molar-refractivity contribution in [3.63, 3.8) is 0 Å². The predicted octanol–water partition coefficient (Wildman–Crippen LogP) is 2.27. The zero-order chi connectivity index (χ0) is 14.9. The van der Waals surface area contributed by atoms with E-state index in [-0.39, 0.29) is 10.9 Å². The van der Waals surface area contributed by atoms with Crippen LogP contribution in [0.3, 0.4) is 0 Å². The van der Waals surface area contributed by atoms with E-state index in [2.05, 4.69) is 10.4 Å². The Labute approximate surface area is 126 Å². The Morgan fingerprint density at radius 3 is 2.70 bits per heavy atom. The Morgan fingerprint density at radius 2 is 2.20 bits per heavy atom. The van der Waals surface area contributed by atoms with Crippen LogP contribution in [0.25, 0.3) is 0 Å². The Bertz CT molecular complexity index is 696. The van der Waals surface area contributed by atoms with Crippen LogP contribution in [0.1, 0.15) is 21.6 Å². The molecule has 7 heteroatoms. The number of hydrogen-bond acceptors (Lipinski definition) is 3. The lowest BCUT2D eigenvalue weighted by molar-refractivity contribution is 0.102. The molecule has 0 atom stereocenters. The number of hydrogen-bond donors (Lipinski definition) is 2. The van der Waals surface area contributed by atoms with Crippen molar-refractivity contribution >= 4 is 40.4 Å². The highest BCUT2D eigenvalue weighted by Crippen LogP contribution is 2.24. The maximum absolute atomic E-state index is 12.1. The molecule has 2 rings (SSSR count). The molecule has 0 unspecified atom stereocenters. The van der Waals surface area contributed by atoms with Crippen LogP contribution < -0.4 is 11.1 Å². The first-order valence-corrected chi connectivity index (χ1v) is 6.58. The predicted molar refractivity (Wildman–Crippen MR) is 83.2 cm³/mol. The number of nitrogens with one attached hydrogen (secondary N) is 1. The second kappa shape index (κ2) is 5.60. The van der Waals surface area contributed by atoms with E-state index < -0.39 is 0 Å². The van der Waals surface area contributed by atoms with E-state index in [1.807, 2.05) is 0 Å². The van der Waals surface area contributed by atoms with Gasteiger partial charge in [0.15, 0.2) is 0 Å². The average molecular weight is 309 g/mol. The summed E-state index contributed by atoms with van der Waals surface area (Å²) in [5.41, 5.74) is 7.83. The highest BCUT2D eigenvalue weighted by Gasteiger charge is 2.14. The molecule has 1 aromatic carbocycles. The van der Waals surface area contributed by atoms with Gasteiger partial charge in [-0.15, -0.1) is 0 Å². The summed E-state index contributed by atoms with van der Waals surface area (Å²) in [6, 6.07) is 5.00. The van der Waals surface area contributed by atoms with Crippen LogP contribution in [0.5, 0.6) is 0 Å². The number of thiocarbonyl (C=S) groups is 1. The van der Waals surface area contributed by atoms with E-state index in [9.17, 15) is 4.79 Å². The van der Waals surface area contributed by atoms with Crippen molar-refractivity contribution in [2.45, 2.75) is 6.92 Å². The van der Waals surface area contributed by atoms with Gasteiger partial charge in [0.25, 0.3) is 5.91 Å². The fourth-order valence-corrected chi connectivity index (χ4v) is 2.14. The number of nitrogens with two attached hydrogens (primary N) is 1. The number of benzene rings is 1. The minimum Gasteiger partial charge on any atom is -0.389 e. The molecule has 0 radical (unpaired) electrons. The van der Waals surface area contributed by atoms with Crippen molar-refractivity contribution in [2.24, 2.45) is 12.8 Å². The zero-order valence-electron chi connectivity index (χ0n) is 11.0. The third-order valence-electron chi connectivity index (χ3n) is 2.76. The molecule has 0 spiro atoms. The quantitative estimate of drug-likeness (QED) is 0.853. The number of rotatable bonds is 3. The summed E-state index contributed by atoms with van der Waals surface area (Å²) in [4.78, 5) is 12.4. The van der Waals surface area contributed by atoms with Crippen LogP contribution >= 0.6 is 23.8 Å². The number of halogens is 1. The number of anilines is 1. The van der Waals surface area contributed by atoms with Gasteiger partial charge in [-0.3, -0.25) is 9.48 Å². The molecule has 20 heavy (non-hydrogen) atoms. The van der Waals surface area contributed by atoms with Crippen LogP contribution in [-0.2, 0) is 7.05 Å². The molecule has 0 bridgehead atoms. The van der Waals surface area contributed by atoms with Gasteiger partial charge in [0, 0.05) is 18.8 Å². The molecule has 0 aliphatic rings. The summed E-state index contributed by atoms with van der Waals surface area (Å²) in [6.07, 6.45) is 1.65. The van der Waals surface area contributed by atoms with Crippen LogP contribution in [0.4, 0.5) is 5.69 Å². The lowest BCUT2D eigenvalue weighted by atomic mass is 10.2. The van der Waals surface area contributed by atoms with Gasteiger partial charge < -0.3 is 11.1 Å². The van der Waals surface area contributed by atoms with Gasteiger partial charge >= 0.3 is 0 Å². The van der Waals surface area contributed by atoms with E-state index in [1.165, 1.54) is 0 Å². The van der Waals surface area contributed by atoms with Crippen LogP contribution in [0, 0.1) is 6.92 Å². The zero-order valence-corrected chi connectivity index (χ0v) is 12.5. The van der Waals surface area contributed by atoms with Crippen molar-refractivity contribution in [3.05, 3.63) is 46.2 Å². The topological polar surface area (TPSA) is 72.9 Å². The molecule has 2 aromatic rings. The maximum Gasteiger partial charge on any atom is 0.259 e. The average Bonchev–Trinajstić information content (AvgIpc) is 2.70. The Balaban J connectivity index is 2.24. The first-order valence-electron chi connectivity index (χ1n) is 5.79. The first-order chi connectivity index (χ1) is 9.38. The summed E-state index contributed by atoms with van der Waals surface area (Å²) < 4.78 is 1.59. The second-order valence-corrected chi connectivity index (χ2v) is 5.16. The van der Waals surface area contributed by atoms with Gasteiger partial charge in [0.1, 0.15) is 4.99 Å². The summed E-state index contributed by atoms with van der Waals surface area (Å²) in [5, 5.41) is 7.24. The van der Waals surface area contributed by atoms with Gasteiger partial charge in [-0.2, -0.15) is 5.10 Å². The van der Waals surface area contributed by atoms with Crippen molar-refractivity contribution in [1.29, 1.82) is 0 Å². The number of carbonyl (C=O) groups excluding carboxylic acids is 1. The van der Waals surface area contributed by atoms with Gasteiger partial charge in [0.2, 0.25) is 0 Å². The molecule has 1 heterocycles. The Morgan fingerprint density at radius 1 is 1.50 bits per heavy atom. The van der Waals surface area contributed by atoms with Crippen LogP contribution in [0.2, 0.25) is 5.02 Å². The molecule has 0 fully saturated rings. The highest BCUT2D eigenvalue weighted by molar-refractivity contribution is 7.80. The lowest BCUT2D eigenvalue weighted by Gasteiger charge is -2.08. The van der Waals surface area contributed by atoms with E-state index >= 15 is 0 Å². The molecular weight excluding hydrogens is 296 g/mol. The normalized spacial score (nSPS) is 10.3. The standard InChI is InChI=1S/C13H13ClN4OS/c1-7-9(6-18(2)17-7)13(19)16-11-4-3-8(12(15)20)5-10(11)14/h3-6H,1-2H3,(H2,15,20)(H,16,19). The minimum atomic E-state index is -0.263. The third kappa shape index (κ3) is 2.97. The van der Waals surface area contributed by atoms with Crippen LogP contribution in [-0.4, -0.2) is 20.7 Å². The molecule has 0 aliphatic carbocycles. The van der Waals surface area contributed by atoms with Crippen molar-refractivity contribution < 1.29 is 4.79 Å². The molecule has 104 valence electrons. The minimum absolute atomic E-state index is 0.257.